The number of halogens is 3. The number of H-pyrrole nitrogens is 1. The number of benzene rings is 3. The first-order chi connectivity index (χ1) is 15.6. The summed E-state index contributed by atoms with van der Waals surface area (Å²) in [6.45, 7) is 1.51. The Morgan fingerprint density at radius 2 is 1.91 bits per heavy atom. The van der Waals surface area contributed by atoms with Crippen molar-refractivity contribution in [2.75, 3.05) is 13.7 Å². The van der Waals surface area contributed by atoms with Crippen molar-refractivity contribution >= 4 is 38.4 Å². The molecule has 0 aliphatic rings. The van der Waals surface area contributed by atoms with Crippen LogP contribution in [0.5, 0.6) is 11.5 Å². The molecule has 7 heteroatoms. The second-order valence-corrected chi connectivity index (χ2v) is 8.63. The summed E-state index contributed by atoms with van der Waals surface area (Å²) in [6, 6.07) is 16.6. The number of hydrogen-bond acceptors (Lipinski definition) is 3. The fraction of sp³-hybridized carbons (Fsp3) is 0.200. The Kier molecular flexibility index (Phi) is 7.35. The molecule has 0 aliphatic carbocycles. The number of hydrogen-bond donors (Lipinski definition) is 2. The summed E-state index contributed by atoms with van der Waals surface area (Å²) in [4.78, 5) is 3.31. The normalized spacial score (nSPS) is 11.1. The van der Waals surface area contributed by atoms with Crippen molar-refractivity contribution < 1.29 is 13.9 Å². The number of fused-ring (bicyclic) bond motifs is 1. The average Bonchev–Trinajstić information content (AvgIpc) is 3.20. The molecule has 0 saturated carbocycles. The molecule has 32 heavy (non-hydrogen) atoms. The lowest BCUT2D eigenvalue weighted by Crippen LogP contribution is -2.17. The van der Waals surface area contributed by atoms with Crippen molar-refractivity contribution in [2.24, 2.45) is 0 Å². The van der Waals surface area contributed by atoms with Crippen molar-refractivity contribution in [3.05, 3.63) is 92.8 Å². The largest absolute Gasteiger partial charge is 0.493 e. The highest BCUT2D eigenvalue weighted by molar-refractivity contribution is 9.10. The van der Waals surface area contributed by atoms with E-state index in [1.807, 2.05) is 18.2 Å². The second-order valence-electron chi connectivity index (χ2n) is 7.37. The molecule has 166 valence electrons. The number of aromatic amines is 1. The molecule has 3 aromatic carbocycles. The van der Waals surface area contributed by atoms with Gasteiger partial charge >= 0.3 is 0 Å². The summed E-state index contributed by atoms with van der Waals surface area (Å²) in [6.07, 6.45) is 2.99. The van der Waals surface area contributed by atoms with E-state index in [9.17, 15) is 4.39 Å². The van der Waals surface area contributed by atoms with Gasteiger partial charge in [0.15, 0.2) is 11.5 Å². The molecule has 0 unspecified atom stereocenters. The summed E-state index contributed by atoms with van der Waals surface area (Å²) in [5.41, 5.74) is 3.80. The lowest BCUT2D eigenvalue weighted by Gasteiger charge is -2.15. The van der Waals surface area contributed by atoms with Crippen LogP contribution in [0.2, 0.25) is 5.02 Å². The molecule has 0 atom stereocenters. The minimum absolute atomic E-state index is 0.0104. The van der Waals surface area contributed by atoms with Gasteiger partial charge in [-0.2, -0.15) is 0 Å². The highest BCUT2D eigenvalue weighted by Gasteiger charge is 2.13. The first-order valence-corrected chi connectivity index (χ1v) is 11.4. The molecule has 0 bridgehead atoms. The van der Waals surface area contributed by atoms with Crippen molar-refractivity contribution in [3.8, 4) is 11.5 Å². The maximum absolute atomic E-state index is 14.0. The quantitative estimate of drug-likeness (QED) is 0.245. The zero-order valence-electron chi connectivity index (χ0n) is 17.6. The zero-order valence-corrected chi connectivity index (χ0v) is 19.9. The monoisotopic (exact) mass is 516 g/mol. The number of rotatable bonds is 9. The summed E-state index contributed by atoms with van der Waals surface area (Å²) in [7, 11) is 1.58. The lowest BCUT2D eigenvalue weighted by molar-refractivity contribution is 0.279. The molecular formula is C25H23BrClFN2O2. The lowest BCUT2D eigenvalue weighted by atomic mass is 10.1. The van der Waals surface area contributed by atoms with Gasteiger partial charge in [-0.1, -0.05) is 51.8 Å². The van der Waals surface area contributed by atoms with Crippen molar-refractivity contribution in [1.82, 2.24) is 10.3 Å². The Hall–Kier alpha value is -2.54. The van der Waals surface area contributed by atoms with Gasteiger partial charge in [-0.05, 0) is 54.4 Å². The number of methoxy groups -OCH3 is 1. The maximum Gasteiger partial charge on any atom is 0.162 e. The van der Waals surface area contributed by atoms with E-state index in [1.54, 1.807) is 19.2 Å². The number of aromatic nitrogens is 1. The summed E-state index contributed by atoms with van der Waals surface area (Å²) < 4.78 is 26.2. The van der Waals surface area contributed by atoms with Crippen LogP contribution in [0.25, 0.3) is 10.9 Å². The highest BCUT2D eigenvalue weighted by atomic mass is 79.9. The Balaban J connectivity index is 1.38. The molecule has 2 N–H and O–H groups in total. The van der Waals surface area contributed by atoms with Crippen LogP contribution in [0, 0.1) is 5.82 Å². The van der Waals surface area contributed by atoms with E-state index in [-0.39, 0.29) is 6.61 Å². The van der Waals surface area contributed by atoms with Gasteiger partial charge in [0.1, 0.15) is 12.4 Å². The standard InChI is InChI=1S/C25H23BrClFN2O2/c1-31-24-11-17(13-29-10-9-16-14-30-23-8-3-2-5-18(16)23)20(26)12-25(24)32-15-19-21(27)6-4-7-22(19)28/h2-8,11-12,14,29-30H,9-10,13,15H2,1H3. The third kappa shape index (κ3) is 5.09. The van der Waals surface area contributed by atoms with E-state index in [0.29, 0.717) is 28.6 Å². The summed E-state index contributed by atoms with van der Waals surface area (Å²) in [5.74, 6) is 0.696. The van der Waals surface area contributed by atoms with Crippen LogP contribution in [0.1, 0.15) is 16.7 Å². The zero-order chi connectivity index (χ0) is 22.5. The molecule has 0 aliphatic heterocycles. The van der Waals surface area contributed by atoms with E-state index in [1.165, 1.54) is 17.0 Å². The van der Waals surface area contributed by atoms with Gasteiger partial charge in [0.25, 0.3) is 0 Å². The van der Waals surface area contributed by atoms with Crippen LogP contribution in [0.4, 0.5) is 4.39 Å². The van der Waals surface area contributed by atoms with Crippen molar-refractivity contribution in [2.45, 2.75) is 19.6 Å². The van der Waals surface area contributed by atoms with Crippen LogP contribution in [-0.2, 0) is 19.6 Å². The van der Waals surface area contributed by atoms with E-state index in [2.05, 4.69) is 50.6 Å². The second kappa shape index (κ2) is 10.4. The van der Waals surface area contributed by atoms with Gasteiger partial charge in [0.05, 0.1) is 12.1 Å². The molecule has 0 spiro atoms. The molecule has 0 saturated heterocycles. The fourth-order valence-electron chi connectivity index (χ4n) is 3.59. The summed E-state index contributed by atoms with van der Waals surface area (Å²) in [5, 5.41) is 5.07. The summed E-state index contributed by atoms with van der Waals surface area (Å²) >= 11 is 9.70. The smallest absolute Gasteiger partial charge is 0.162 e. The minimum atomic E-state index is -0.397. The third-order valence-corrected chi connectivity index (χ3v) is 6.42. The van der Waals surface area contributed by atoms with Gasteiger partial charge in [0, 0.05) is 33.7 Å². The Labute approximate surface area is 199 Å². The van der Waals surface area contributed by atoms with E-state index in [0.717, 1.165) is 28.5 Å². The van der Waals surface area contributed by atoms with Crippen LogP contribution >= 0.6 is 27.5 Å². The predicted octanol–water partition coefficient (Wildman–Crippen LogP) is 6.64. The Morgan fingerprint density at radius 1 is 1.06 bits per heavy atom. The molecule has 1 aromatic heterocycles. The molecule has 4 aromatic rings. The van der Waals surface area contributed by atoms with Crippen molar-refractivity contribution in [3.63, 3.8) is 0 Å². The maximum atomic E-state index is 14.0. The molecule has 0 radical (unpaired) electrons. The predicted molar refractivity (Wildman–Crippen MR) is 130 cm³/mol. The van der Waals surface area contributed by atoms with E-state index in [4.69, 9.17) is 21.1 Å². The first-order valence-electron chi connectivity index (χ1n) is 10.2. The molecule has 4 rings (SSSR count). The highest BCUT2D eigenvalue weighted by Crippen LogP contribution is 2.34. The fourth-order valence-corrected chi connectivity index (χ4v) is 4.27. The molecule has 0 fully saturated rings. The van der Waals surface area contributed by atoms with Crippen LogP contribution in [0.3, 0.4) is 0 Å². The topological polar surface area (TPSA) is 46.3 Å². The van der Waals surface area contributed by atoms with E-state index < -0.39 is 5.82 Å². The van der Waals surface area contributed by atoms with Crippen LogP contribution < -0.4 is 14.8 Å². The van der Waals surface area contributed by atoms with E-state index >= 15 is 0 Å². The van der Waals surface area contributed by atoms with Gasteiger partial charge in [0.2, 0.25) is 0 Å². The first kappa shape index (κ1) is 22.6. The third-order valence-electron chi connectivity index (χ3n) is 5.33. The number of nitrogens with one attached hydrogen (secondary N) is 2. The molecule has 0 amide bonds. The van der Waals surface area contributed by atoms with Gasteiger partial charge in [-0.3, -0.25) is 0 Å². The van der Waals surface area contributed by atoms with Crippen LogP contribution in [-0.4, -0.2) is 18.6 Å². The minimum Gasteiger partial charge on any atom is -0.493 e. The molecule has 1 heterocycles. The van der Waals surface area contributed by atoms with Gasteiger partial charge < -0.3 is 19.8 Å². The Bertz CT molecular complexity index is 1210. The molecule has 4 nitrogen and oxygen atoms in total. The van der Waals surface area contributed by atoms with Gasteiger partial charge in [-0.15, -0.1) is 0 Å². The van der Waals surface area contributed by atoms with Crippen molar-refractivity contribution in [1.29, 1.82) is 0 Å². The number of para-hydroxylation sites is 1. The number of ether oxygens (including phenoxy) is 2. The van der Waals surface area contributed by atoms with Crippen LogP contribution in [0.15, 0.2) is 65.3 Å². The Morgan fingerprint density at radius 3 is 2.72 bits per heavy atom. The SMILES string of the molecule is COc1cc(CNCCc2c[nH]c3ccccc23)c(Br)cc1OCc1c(F)cccc1Cl. The molecular weight excluding hydrogens is 495 g/mol. The van der Waals surface area contributed by atoms with Gasteiger partial charge in [-0.25, -0.2) is 4.39 Å². The average molecular weight is 518 g/mol.